The third kappa shape index (κ3) is 4.23. The highest BCUT2D eigenvalue weighted by atomic mass is 35.5. The van der Waals surface area contributed by atoms with Gasteiger partial charge in [-0.15, -0.1) is 0 Å². The lowest BCUT2D eigenvalue weighted by Gasteiger charge is -2.33. The number of halogens is 2. The number of benzene rings is 1. The molecule has 1 aromatic carbocycles. The van der Waals surface area contributed by atoms with Crippen LogP contribution >= 0.6 is 23.2 Å². The SMILES string of the molecule is Cc1[nH]cnc1C1CCN(c2ncccc2NC(=O)c2ccc(Cl)cc2Cl)CC1. The number of anilines is 2. The average molecular weight is 430 g/mol. The second-order valence-electron chi connectivity index (χ2n) is 7.13. The van der Waals surface area contributed by atoms with E-state index < -0.39 is 0 Å². The minimum atomic E-state index is -0.289. The Morgan fingerprint density at radius 3 is 2.69 bits per heavy atom. The third-order valence-electron chi connectivity index (χ3n) is 5.26. The predicted octanol–water partition coefficient (Wildman–Crippen LogP) is 5.06. The van der Waals surface area contributed by atoms with Crippen LogP contribution in [0.5, 0.6) is 0 Å². The molecule has 3 aromatic rings. The maximum Gasteiger partial charge on any atom is 0.257 e. The molecule has 1 aliphatic rings. The number of aromatic nitrogens is 3. The standard InChI is InChI=1S/C21H21Cl2N5O/c1-13-19(26-12-25-13)14-6-9-28(10-7-14)20-18(3-2-8-24-20)27-21(29)16-5-4-15(22)11-17(16)23/h2-5,8,11-12,14H,6-7,9-10H2,1H3,(H,25,26)(H,27,29). The molecular weight excluding hydrogens is 409 g/mol. The first-order valence-corrected chi connectivity index (χ1v) is 10.2. The Bertz CT molecular complexity index is 1030. The van der Waals surface area contributed by atoms with E-state index in [1.807, 2.05) is 12.1 Å². The van der Waals surface area contributed by atoms with Crippen molar-refractivity contribution in [3.05, 3.63) is 69.9 Å². The van der Waals surface area contributed by atoms with Gasteiger partial charge in [0.2, 0.25) is 0 Å². The number of carbonyl (C=O) groups is 1. The van der Waals surface area contributed by atoms with E-state index in [1.165, 1.54) is 0 Å². The molecule has 2 N–H and O–H groups in total. The van der Waals surface area contributed by atoms with E-state index in [2.05, 4.69) is 32.1 Å². The number of hydrogen-bond acceptors (Lipinski definition) is 4. The van der Waals surface area contributed by atoms with Gasteiger partial charge in [-0.25, -0.2) is 9.97 Å². The van der Waals surface area contributed by atoms with Gasteiger partial charge in [-0.2, -0.15) is 0 Å². The topological polar surface area (TPSA) is 73.9 Å². The molecule has 3 heterocycles. The number of carbonyl (C=O) groups excluding carboxylic acids is 1. The van der Waals surface area contributed by atoms with Crippen molar-refractivity contribution in [1.82, 2.24) is 15.0 Å². The largest absolute Gasteiger partial charge is 0.355 e. The molecule has 0 radical (unpaired) electrons. The minimum absolute atomic E-state index is 0.289. The molecule has 8 heteroatoms. The van der Waals surface area contributed by atoms with E-state index in [-0.39, 0.29) is 5.91 Å². The van der Waals surface area contributed by atoms with E-state index in [9.17, 15) is 4.79 Å². The molecule has 29 heavy (non-hydrogen) atoms. The maximum absolute atomic E-state index is 12.7. The van der Waals surface area contributed by atoms with Crippen LogP contribution in [0.15, 0.2) is 42.9 Å². The van der Waals surface area contributed by atoms with Crippen molar-refractivity contribution in [3.63, 3.8) is 0 Å². The summed E-state index contributed by atoms with van der Waals surface area (Å²) < 4.78 is 0. The van der Waals surface area contributed by atoms with Crippen molar-refractivity contribution in [1.29, 1.82) is 0 Å². The van der Waals surface area contributed by atoms with Gasteiger partial charge in [-0.3, -0.25) is 4.79 Å². The molecule has 6 nitrogen and oxygen atoms in total. The number of amides is 1. The molecule has 1 aliphatic heterocycles. The number of imidazole rings is 1. The summed E-state index contributed by atoms with van der Waals surface area (Å²) in [6, 6.07) is 8.49. The van der Waals surface area contributed by atoms with Gasteiger partial charge in [0.1, 0.15) is 0 Å². The summed E-state index contributed by atoms with van der Waals surface area (Å²) in [5.41, 5.74) is 3.32. The normalized spacial score (nSPS) is 14.8. The molecule has 0 saturated carbocycles. The maximum atomic E-state index is 12.7. The lowest BCUT2D eigenvalue weighted by molar-refractivity contribution is 0.102. The molecule has 0 bridgehead atoms. The average Bonchev–Trinajstić information content (AvgIpc) is 3.14. The molecular formula is C21H21Cl2N5O. The molecule has 0 atom stereocenters. The van der Waals surface area contributed by atoms with E-state index in [0.717, 1.165) is 43.1 Å². The van der Waals surface area contributed by atoms with Crippen molar-refractivity contribution in [2.75, 3.05) is 23.3 Å². The summed E-state index contributed by atoms with van der Waals surface area (Å²) in [6.45, 7) is 3.75. The van der Waals surface area contributed by atoms with Gasteiger partial charge in [-0.05, 0) is 50.1 Å². The first-order chi connectivity index (χ1) is 14.0. The molecule has 0 spiro atoms. The molecule has 1 fully saturated rings. The minimum Gasteiger partial charge on any atom is -0.355 e. The predicted molar refractivity (Wildman–Crippen MR) is 116 cm³/mol. The lowest BCUT2D eigenvalue weighted by Crippen LogP contribution is -2.34. The van der Waals surface area contributed by atoms with Crippen LogP contribution in [0.25, 0.3) is 0 Å². The summed E-state index contributed by atoms with van der Waals surface area (Å²) in [4.78, 5) is 27.1. The number of pyridine rings is 1. The molecule has 0 aliphatic carbocycles. The van der Waals surface area contributed by atoms with Gasteiger partial charge in [0.05, 0.1) is 28.3 Å². The van der Waals surface area contributed by atoms with Crippen LogP contribution in [0.2, 0.25) is 10.0 Å². The Morgan fingerprint density at radius 2 is 2.00 bits per heavy atom. The summed E-state index contributed by atoms with van der Waals surface area (Å²) in [6.07, 6.45) is 5.47. The van der Waals surface area contributed by atoms with Crippen LogP contribution < -0.4 is 10.2 Å². The number of piperidine rings is 1. The Hall–Kier alpha value is -2.57. The highest BCUT2D eigenvalue weighted by Crippen LogP contribution is 2.33. The van der Waals surface area contributed by atoms with Crippen LogP contribution in [0.3, 0.4) is 0 Å². The summed E-state index contributed by atoms with van der Waals surface area (Å²) in [5.74, 6) is 0.915. The van der Waals surface area contributed by atoms with E-state index in [0.29, 0.717) is 27.2 Å². The summed E-state index contributed by atoms with van der Waals surface area (Å²) in [5, 5.41) is 3.75. The lowest BCUT2D eigenvalue weighted by atomic mass is 9.92. The molecule has 4 rings (SSSR count). The van der Waals surface area contributed by atoms with Crippen LogP contribution in [0, 0.1) is 6.92 Å². The Balaban J connectivity index is 1.49. The Morgan fingerprint density at radius 1 is 1.21 bits per heavy atom. The second-order valence-corrected chi connectivity index (χ2v) is 7.97. The van der Waals surface area contributed by atoms with Crippen LogP contribution in [0.4, 0.5) is 11.5 Å². The van der Waals surface area contributed by atoms with Gasteiger partial charge in [0.25, 0.3) is 5.91 Å². The van der Waals surface area contributed by atoms with Crippen molar-refractivity contribution in [3.8, 4) is 0 Å². The fraction of sp³-hybridized carbons (Fsp3) is 0.286. The zero-order valence-electron chi connectivity index (χ0n) is 16.0. The first-order valence-electron chi connectivity index (χ1n) is 9.49. The second kappa shape index (κ2) is 8.43. The fourth-order valence-corrected chi connectivity index (χ4v) is 4.25. The van der Waals surface area contributed by atoms with Gasteiger partial charge in [0, 0.05) is 35.9 Å². The molecule has 1 saturated heterocycles. The highest BCUT2D eigenvalue weighted by molar-refractivity contribution is 6.37. The van der Waals surface area contributed by atoms with Crippen molar-refractivity contribution >= 4 is 40.6 Å². The quantitative estimate of drug-likeness (QED) is 0.607. The monoisotopic (exact) mass is 429 g/mol. The number of nitrogens with one attached hydrogen (secondary N) is 2. The van der Waals surface area contributed by atoms with Gasteiger partial charge >= 0.3 is 0 Å². The Labute approximate surface area is 179 Å². The molecule has 1 amide bonds. The van der Waals surface area contributed by atoms with Crippen molar-refractivity contribution in [2.24, 2.45) is 0 Å². The molecule has 0 unspecified atom stereocenters. The number of aryl methyl sites for hydroxylation is 1. The van der Waals surface area contributed by atoms with Gasteiger partial charge in [0.15, 0.2) is 5.82 Å². The van der Waals surface area contributed by atoms with E-state index in [1.54, 1.807) is 30.7 Å². The zero-order valence-corrected chi connectivity index (χ0v) is 17.5. The zero-order chi connectivity index (χ0) is 20.4. The smallest absolute Gasteiger partial charge is 0.257 e. The van der Waals surface area contributed by atoms with Crippen molar-refractivity contribution in [2.45, 2.75) is 25.7 Å². The van der Waals surface area contributed by atoms with Gasteiger partial charge in [-0.1, -0.05) is 23.2 Å². The Kier molecular flexibility index (Phi) is 5.74. The number of hydrogen-bond donors (Lipinski definition) is 2. The number of H-pyrrole nitrogens is 1. The van der Waals surface area contributed by atoms with E-state index in [4.69, 9.17) is 23.2 Å². The summed E-state index contributed by atoms with van der Waals surface area (Å²) >= 11 is 12.1. The fourth-order valence-electron chi connectivity index (χ4n) is 3.76. The molecule has 2 aromatic heterocycles. The van der Waals surface area contributed by atoms with Crippen LogP contribution in [-0.2, 0) is 0 Å². The highest BCUT2D eigenvalue weighted by Gasteiger charge is 2.25. The summed E-state index contributed by atoms with van der Waals surface area (Å²) in [7, 11) is 0. The third-order valence-corrected chi connectivity index (χ3v) is 5.81. The molecule has 150 valence electrons. The van der Waals surface area contributed by atoms with Crippen LogP contribution in [-0.4, -0.2) is 33.9 Å². The van der Waals surface area contributed by atoms with Crippen molar-refractivity contribution < 1.29 is 4.79 Å². The number of aromatic amines is 1. The number of rotatable bonds is 4. The number of nitrogens with zero attached hydrogens (tertiary/aromatic N) is 3. The first kappa shape index (κ1) is 19.7. The van der Waals surface area contributed by atoms with E-state index >= 15 is 0 Å². The van der Waals surface area contributed by atoms with Gasteiger partial charge < -0.3 is 15.2 Å². The van der Waals surface area contributed by atoms with Crippen LogP contribution in [0.1, 0.15) is 40.5 Å².